The molecule has 0 aliphatic heterocycles. The summed E-state index contributed by atoms with van der Waals surface area (Å²) in [6.45, 7) is 3.73. The van der Waals surface area contributed by atoms with Crippen LogP contribution >= 0.6 is 0 Å². The van der Waals surface area contributed by atoms with Crippen molar-refractivity contribution in [2.45, 2.75) is 114 Å². The van der Waals surface area contributed by atoms with E-state index >= 15 is 0 Å². The van der Waals surface area contributed by atoms with Crippen molar-refractivity contribution in [3.63, 3.8) is 0 Å². The lowest BCUT2D eigenvalue weighted by Crippen LogP contribution is -2.61. The van der Waals surface area contributed by atoms with E-state index in [1.54, 1.807) is 38.5 Å². The Morgan fingerprint density at radius 2 is 0.895 bits per heavy atom. The Hall–Kier alpha value is -9.76. The number of aromatic nitrogens is 3. The number of benzene rings is 4. The summed E-state index contributed by atoms with van der Waals surface area (Å²) in [4.78, 5) is 129. The smallest absolute Gasteiger partial charge is 0.490 e. The predicted octanol–water partition coefficient (Wildman–Crippen LogP) is 2.72. The number of alkyl halides is 3. The zero-order valence-electron chi connectivity index (χ0n) is 46.8. The number of para-hydroxylation sites is 3. The van der Waals surface area contributed by atoms with Crippen molar-refractivity contribution in [1.29, 1.82) is 0 Å². The van der Waals surface area contributed by atoms with Crippen LogP contribution in [0.4, 0.5) is 13.2 Å². The van der Waals surface area contributed by atoms with Gasteiger partial charge in [-0.2, -0.15) is 13.2 Å². The van der Waals surface area contributed by atoms with Crippen LogP contribution in [0.15, 0.2) is 116 Å². The van der Waals surface area contributed by atoms with E-state index in [9.17, 15) is 61.7 Å². The summed E-state index contributed by atoms with van der Waals surface area (Å²) >= 11 is 0. The van der Waals surface area contributed by atoms with Gasteiger partial charge in [0.2, 0.25) is 41.4 Å². The van der Waals surface area contributed by atoms with E-state index in [2.05, 4.69) is 46.9 Å². The number of carbonyl (C=O) groups is 9. The molecule has 458 valence electrons. The summed E-state index contributed by atoms with van der Waals surface area (Å²) in [5.74, 6) is -10.4. The van der Waals surface area contributed by atoms with E-state index in [4.69, 9.17) is 27.1 Å². The maximum absolute atomic E-state index is 14.9. The Kier molecular flexibility index (Phi) is 22.9. The molecule has 3 aromatic heterocycles. The lowest BCUT2D eigenvalue weighted by molar-refractivity contribution is -0.192. The van der Waals surface area contributed by atoms with Gasteiger partial charge < -0.3 is 79.4 Å². The van der Waals surface area contributed by atoms with Crippen molar-refractivity contribution in [3.05, 3.63) is 138 Å². The number of fused-ring (bicyclic) bond motifs is 3. The van der Waals surface area contributed by atoms with Gasteiger partial charge in [-0.15, -0.1) is 0 Å². The molecule has 0 radical (unpaired) electrons. The van der Waals surface area contributed by atoms with Crippen LogP contribution in [0.2, 0.25) is 0 Å². The minimum Gasteiger partial charge on any atom is -0.508 e. The highest BCUT2D eigenvalue weighted by molar-refractivity contribution is 5.99. The maximum Gasteiger partial charge on any atom is 0.490 e. The molecule has 0 saturated heterocycles. The normalized spacial score (nSPS) is 13.9. The molecule has 7 atom stereocenters. The first-order chi connectivity index (χ1) is 40.8. The van der Waals surface area contributed by atoms with Gasteiger partial charge in [-0.25, -0.2) is 4.79 Å². The second kappa shape index (κ2) is 30.2. The number of hydrogen-bond donors (Lipinski definition) is 15. The van der Waals surface area contributed by atoms with Gasteiger partial charge in [0.05, 0.1) is 12.5 Å². The molecule has 7 rings (SSSR count). The highest BCUT2D eigenvalue weighted by Gasteiger charge is 2.39. The highest BCUT2D eigenvalue weighted by Crippen LogP contribution is 2.24. The Morgan fingerprint density at radius 1 is 0.523 bits per heavy atom. The minimum absolute atomic E-state index is 0.0353. The zero-order chi connectivity index (χ0) is 62.8. The molecule has 4 aromatic carbocycles. The summed E-state index contributed by atoms with van der Waals surface area (Å²) in [6.07, 6.45) is 0.173. The third kappa shape index (κ3) is 18.4. The van der Waals surface area contributed by atoms with Crippen LogP contribution in [-0.4, -0.2) is 139 Å². The number of aromatic hydroxyl groups is 1. The van der Waals surface area contributed by atoms with Gasteiger partial charge in [-0.3, -0.25) is 38.4 Å². The molecule has 27 heteroatoms. The van der Waals surface area contributed by atoms with Crippen LogP contribution in [0.5, 0.6) is 5.75 Å². The molecular weight excluding hydrogens is 1130 g/mol. The number of carbonyl (C=O) groups excluding carboxylic acids is 7. The number of aromatic amines is 3. The van der Waals surface area contributed by atoms with Gasteiger partial charge in [-0.05, 0) is 84.3 Å². The first kappa shape index (κ1) is 65.4. The zero-order valence-corrected chi connectivity index (χ0v) is 46.8. The molecule has 0 aliphatic rings. The summed E-state index contributed by atoms with van der Waals surface area (Å²) in [6, 6.07) is 18.4. The van der Waals surface area contributed by atoms with Crippen molar-refractivity contribution in [3.8, 4) is 5.75 Å². The molecule has 24 nitrogen and oxygen atoms in total. The first-order valence-corrected chi connectivity index (χ1v) is 27.3. The monoisotopic (exact) mass is 1190 g/mol. The highest BCUT2D eigenvalue weighted by atomic mass is 19.4. The molecule has 7 amide bonds. The van der Waals surface area contributed by atoms with Gasteiger partial charge in [0.15, 0.2) is 0 Å². The number of unbranched alkanes of at least 4 members (excludes halogenated alkanes) is 1. The summed E-state index contributed by atoms with van der Waals surface area (Å²) in [5, 5.41) is 45.3. The number of phenolic OH excluding ortho intramolecular Hbond substituents is 1. The van der Waals surface area contributed by atoms with Crippen molar-refractivity contribution in [1.82, 2.24) is 46.9 Å². The number of H-pyrrole nitrogens is 3. The fourth-order valence-corrected chi connectivity index (χ4v) is 9.47. The SMILES string of the molecule is CC(C)C(NC(=O)C(Cc1c[nH]c2ccccc12)NC(=O)C(Cc1ccc(O)cc1)NC(=O)C(N)CC(=O)O)C(=O)NC(Cc1c[nH]c2ccccc12)C(=O)NC(Cc1c[nH]c2ccccc12)C(=O)NC(CCCCN)C(N)=O.O=C(O)C(F)(F)F. The number of carboxylic acids is 2. The lowest BCUT2D eigenvalue weighted by Gasteiger charge is -2.29. The number of nitrogens with two attached hydrogens (primary N) is 3. The molecule has 0 spiro atoms. The molecule has 7 unspecified atom stereocenters. The summed E-state index contributed by atoms with van der Waals surface area (Å²) < 4.78 is 31.7. The van der Waals surface area contributed by atoms with E-state index in [1.165, 1.54) is 24.3 Å². The Labute approximate surface area is 490 Å². The second-order valence-corrected chi connectivity index (χ2v) is 20.8. The number of amides is 7. The number of primary amides is 1. The fourth-order valence-electron chi connectivity index (χ4n) is 9.47. The third-order valence-electron chi connectivity index (χ3n) is 14.0. The second-order valence-electron chi connectivity index (χ2n) is 20.8. The average molecular weight is 1200 g/mol. The molecule has 0 bridgehead atoms. The molecule has 86 heavy (non-hydrogen) atoms. The van der Waals surface area contributed by atoms with Crippen LogP contribution in [0.3, 0.4) is 0 Å². The van der Waals surface area contributed by atoms with Gasteiger partial charge >= 0.3 is 18.1 Å². The van der Waals surface area contributed by atoms with Gasteiger partial charge in [-0.1, -0.05) is 80.6 Å². The molecule has 7 aromatic rings. The quantitative estimate of drug-likeness (QED) is 0.0314. The van der Waals surface area contributed by atoms with E-state index in [0.29, 0.717) is 41.6 Å². The number of aliphatic carboxylic acids is 2. The number of hydrogen-bond acceptors (Lipinski definition) is 12. The van der Waals surface area contributed by atoms with Crippen LogP contribution in [-0.2, 0) is 68.8 Å². The topological polar surface area (TPSA) is 412 Å². The molecule has 0 fully saturated rings. The van der Waals surface area contributed by atoms with Gasteiger partial charge in [0.25, 0.3) is 0 Å². The Balaban J connectivity index is 0.00000159. The van der Waals surface area contributed by atoms with Crippen LogP contribution in [0.25, 0.3) is 32.7 Å². The summed E-state index contributed by atoms with van der Waals surface area (Å²) in [7, 11) is 0. The van der Waals surface area contributed by atoms with E-state index in [-0.39, 0.29) is 37.9 Å². The standard InChI is InChI=1S/C57H68N12O10.C2HF3O2/c1-31(2)50(69-56(78)48(26-35-30-63-43-16-8-5-13-39(35)43)67-53(75)45(23-32-18-20-36(70)21-19-32)65-52(74)40(59)27-49(71)72)57(79)68-47(25-34-29-62-42-15-7-4-12-38(34)42)55(77)66-46(24-33-28-61-41-14-6-3-11-37(33)41)54(76)64-44(51(60)73)17-9-10-22-58;3-2(4,5)1(6)7/h3-8,11-16,18-21,28-31,40,44-48,50,61-63,70H,9-10,17,22-27,58-59H2,1-2H3,(H2,60,73)(H,64,76)(H,65,74)(H,66,77)(H,67,75)(H,68,79)(H,69,78)(H,71,72);(H,6,7). The first-order valence-electron chi connectivity index (χ1n) is 27.3. The van der Waals surface area contributed by atoms with Gasteiger partial charge in [0, 0.05) is 77.0 Å². The molecule has 0 saturated carbocycles. The third-order valence-corrected chi connectivity index (χ3v) is 14.0. The molecule has 18 N–H and O–H groups in total. The van der Waals surface area contributed by atoms with Crippen LogP contribution in [0.1, 0.15) is 61.8 Å². The van der Waals surface area contributed by atoms with E-state index in [0.717, 1.165) is 32.7 Å². The summed E-state index contributed by atoms with van der Waals surface area (Å²) in [5.41, 5.74) is 22.1. The predicted molar refractivity (Wildman–Crippen MR) is 310 cm³/mol. The van der Waals surface area contributed by atoms with Crippen molar-refractivity contribution >= 4 is 86.0 Å². The number of phenols is 1. The number of rotatable bonds is 28. The van der Waals surface area contributed by atoms with Gasteiger partial charge in [0.1, 0.15) is 42.0 Å². The van der Waals surface area contributed by atoms with Crippen molar-refractivity contribution < 1.29 is 71.6 Å². The van der Waals surface area contributed by atoms with Crippen LogP contribution in [0, 0.1) is 5.92 Å². The molecular formula is C59H69F3N12O12. The van der Waals surface area contributed by atoms with E-state index < -0.39 is 114 Å². The molecule has 0 aliphatic carbocycles. The number of nitrogens with one attached hydrogen (secondary N) is 9. The Morgan fingerprint density at radius 3 is 1.28 bits per heavy atom. The average Bonchev–Trinajstić information content (AvgIpc) is 2.59. The molecule has 3 heterocycles. The Bertz CT molecular complexity index is 3530. The maximum atomic E-state index is 14.9. The lowest BCUT2D eigenvalue weighted by atomic mass is 9.98. The largest absolute Gasteiger partial charge is 0.508 e. The van der Waals surface area contributed by atoms with Crippen LogP contribution < -0.4 is 49.1 Å². The number of halogens is 3. The fraction of sp³-hybridized carbons (Fsp3) is 0.339. The van der Waals surface area contributed by atoms with Crippen molar-refractivity contribution in [2.75, 3.05) is 6.54 Å². The van der Waals surface area contributed by atoms with Crippen molar-refractivity contribution in [2.24, 2.45) is 23.1 Å². The minimum atomic E-state index is -5.08. The number of carboxylic acid groups (broad SMARTS) is 2. The van der Waals surface area contributed by atoms with E-state index in [1.807, 2.05) is 66.7 Å².